The molecule has 5 heteroatoms. The summed E-state index contributed by atoms with van der Waals surface area (Å²) in [5, 5.41) is 3.27. The zero-order valence-corrected chi connectivity index (χ0v) is 10.6. The lowest BCUT2D eigenvalue weighted by Crippen LogP contribution is -2.39. The second-order valence-corrected chi connectivity index (χ2v) is 6.67. The van der Waals surface area contributed by atoms with Gasteiger partial charge < -0.3 is 5.32 Å². The summed E-state index contributed by atoms with van der Waals surface area (Å²) in [6.45, 7) is 0.940. The molecule has 4 nitrogen and oxygen atoms in total. The van der Waals surface area contributed by atoms with Gasteiger partial charge >= 0.3 is 0 Å². The predicted octanol–water partition coefficient (Wildman–Crippen LogP) is 1.14. The van der Waals surface area contributed by atoms with Gasteiger partial charge in [0, 0.05) is 18.4 Å². The molecule has 1 N–H and O–H groups in total. The van der Waals surface area contributed by atoms with Gasteiger partial charge in [0.05, 0.1) is 11.5 Å². The van der Waals surface area contributed by atoms with E-state index in [1.165, 1.54) is 0 Å². The normalized spacial score (nSPS) is 21.3. The Morgan fingerprint density at radius 3 is 2.71 bits per heavy atom. The maximum Gasteiger partial charge on any atom is 0.155 e. The molecule has 1 fully saturated rings. The van der Waals surface area contributed by atoms with Gasteiger partial charge in [0.1, 0.15) is 0 Å². The monoisotopic (exact) mass is 254 g/mol. The van der Waals surface area contributed by atoms with E-state index < -0.39 is 9.84 Å². The molecule has 1 atom stereocenters. The Kier molecular flexibility index (Phi) is 4.12. The molecule has 17 heavy (non-hydrogen) atoms. The summed E-state index contributed by atoms with van der Waals surface area (Å²) in [7, 11) is -3.02. The van der Waals surface area contributed by atoms with Crippen LogP contribution in [0, 0.1) is 0 Å². The largest absolute Gasteiger partial charge is 0.313 e. The van der Waals surface area contributed by atoms with Crippen LogP contribution >= 0.6 is 0 Å². The summed E-state index contributed by atoms with van der Waals surface area (Å²) >= 11 is 0. The van der Waals surface area contributed by atoms with Crippen molar-refractivity contribution in [2.45, 2.75) is 31.1 Å². The lowest BCUT2D eigenvalue weighted by atomic mass is 10.1. The Balaban J connectivity index is 1.94. The summed E-state index contributed by atoms with van der Waals surface area (Å²) in [5.41, 5.74) is 0.816. The van der Waals surface area contributed by atoms with E-state index in [9.17, 15) is 8.42 Å². The molecule has 1 aromatic heterocycles. The Labute approximate surface area is 102 Å². The smallest absolute Gasteiger partial charge is 0.155 e. The second-order valence-electron chi connectivity index (χ2n) is 4.56. The van der Waals surface area contributed by atoms with Crippen molar-refractivity contribution in [3.63, 3.8) is 0 Å². The maximum absolute atomic E-state index is 12.0. The number of nitrogens with one attached hydrogen (secondary N) is 1. The molecule has 1 saturated heterocycles. The zero-order chi connectivity index (χ0) is 12.1. The number of sulfone groups is 1. The van der Waals surface area contributed by atoms with Crippen molar-refractivity contribution in [1.82, 2.24) is 10.3 Å². The van der Waals surface area contributed by atoms with Gasteiger partial charge in [-0.15, -0.1) is 0 Å². The first-order valence-electron chi connectivity index (χ1n) is 5.98. The minimum Gasteiger partial charge on any atom is -0.313 e. The number of pyridine rings is 1. The number of rotatable bonds is 4. The Bertz CT molecular complexity index is 439. The molecule has 0 bridgehead atoms. The molecule has 0 saturated carbocycles. The van der Waals surface area contributed by atoms with Crippen LogP contribution in [-0.4, -0.2) is 31.7 Å². The Morgan fingerprint density at radius 1 is 1.29 bits per heavy atom. The van der Waals surface area contributed by atoms with E-state index in [0.717, 1.165) is 31.4 Å². The van der Waals surface area contributed by atoms with Crippen molar-refractivity contribution in [3.8, 4) is 0 Å². The van der Waals surface area contributed by atoms with Crippen molar-refractivity contribution < 1.29 is 8.42 Å². The summed E-state index contributed by atoms with van der Waals surface area (Å²) < 4.78 is 24.0. The molecule has 2 heterocycles. The molecule has 0 aromatic carbocycles. The van der Waals surface area contributed by atoms with Gasteiger partial charge in [-0.2, -0.15) is 0 Å². The van der Waals surface area contributed by atoms with E-state index in [0.29, 0.717) is 0 Å². The van der Waals surface area contributed by atoms with Gasteiger partial charge in [-0.3, -0.25) is 4.98 Å². The van der Waals surface area contributed by atoms with Gasteiger partial charge in [0.15, 0.2) is 9.84 Å². The van der Waals surface area contributed by atoms with Gasteiger partial charge in [-0.1, -0.05) is 6.42 Å². The molecule has 0 aliphatic carbocycles. The molecular formula is C12H18N2O2S. The Hall–Kier alpha value is -0.940. The van der Waals surface area contributed by atoms with Gasteiger partial charge in [0.25, 0.3) is 0 Å². The first-order chi connectivity index (χ1) is 8.16. The molecule has 0 radical (unpaired) electrons. The van der Waals surface area contributed by atoms with Crippen LogP contribution in [0.15, 0.2) is 24.5 Å². The van der Waals surface area contributed by atoms with Crippen LogP contribution in [-0.2, 0) is 15.6 Å². The molecule has 1 aromatic rings. The third kappa shape index (κ3) is 4.09. The van der Waals surface area contributed by atoms with Crippen LogP contribution in [0.25, 0.3) is 0 Å². The van der Waals surface area contributed by atoms with Gasteiger partial charge in [-0.25, -0.2) is 8.42 Å². The quantitative estimate of drug-likeness (QED) is 0.875. The fraction of sp³-hybridized carbons (Fsp3) is 0.583. The maximum atomic E-state index is 12.0. The van der Waals surface area contributed by atoms with Crippen molar-refractivity contribution in [1.29, 1.82) is 0 Å². The highest BCUT2D eigenvalue weighted by Gasteiger charge is 2.21. The van der Waals surface area contributed by atoms with Gasteiger partial charge in [-0.05, 0) is 37.1 Å². The standard InChI is InChI=1S/C12H18N2O2S/c15-17(16,9-11-4-7-13-8-5-11)10-12-3-1-2-6-14-12/h4-5,7-8,12,14H,1-3,6,9-10H2. The van der Waals surface area contributed by atoms with E-state index in [2.05, 4.69) is 10.3 Å². The van der Waals surface area contributed by atoms with Crippen molar-refractivity contribution in [2.75, 3.05) is 12.3 Å². The number of nitrogens with zero attached hydrogens (tertiary/aromatic N) is 1. The highest BCUT2D eigenvalue weighted by atomic mass is 32.2. The lowest BCUT2D eigenvalue weighted by molar-refractivity contribution is 0.423. The first-order valence-corrected chi connectivity index (χ1v) is 7.80. The average Bonchev–Trinajstić information content (AvgIpc) is 2.30. The molecule has 1 aliphatic rings. The fourth-order valence-corrected chi connectivity index (χ4v) is 3.88. The SMILES string of the molecule is O=S(=O)(Cc1ccncc1)CC1CCCCN1. The molecule has 94 valence electrons. The van der Waals surface area contributed by atoms with Crippen LogP contribution in [0.1, 0.15) is 24.8 Å². The Morgan fingerprint density at radius 2 is 2.06 bits per heavy atom. The number of hydrogen-bond donors (Lipinski definition) is 1. The van der Waals surface area contributed by atoms with E-state index >= 15 is 0 Å². The molecule has 0 amide bonds. The third-order valence-corrected chi connectivity index (χ3v) is 4.69. The minimum atomic E-state index is -3.02. The third-order valence-electron chi connectivity index (χ3n) is 3.00. The van der Waals surface area contributed by atoms with Crippen LogP contribution < -0.4 is 5.32 Å². The van der Waals surface area contributed by atoms with Crippen molar-refractivity contribution >= 4 is 9.84 Å². The minimum absolute atomic E-state index is 0.119. The van der Waals surface area contributed by atoms with Crippen LogP contribution in [0.5, 0.6) is 0 Å². The van der Waals surface area contributed by atoms with Crippen molar-refractivity contribution in [2.24, 2.45) is 0 Å². The van der Waals surface area contributed by atoms with Crippen molar-refractivity contribution in [3.05, 3.63) is 30.1 Å². The topological polar surface area (TPSA) is 59.1 Å². The average molecular weight is 254 g/mol. The summed E-state index contributed by atoms with van der Waals surface area (Å²) in [5.74, 6) is 0.364. The summed E-state index contributed by atoms with van der Waals surface area (Å²) in [4.78, 5) is 3.88. The molecule has 2 rings (SSSR count). The lowest BCUT2D eigenvalue weighted by Gasteiger charge is -2.23. The number of aromatic nitrogens is 1. The number of hydrogen-bond acceptors (Lipinski definition) is 4. The van der Waals surface area contributed by atoms with E-state index in [1.54, 1.807) is 24.5 Å². The fourth-order valence-electron chi connectivity index (χ4n) is 2.16. The van der Waals surface area contributed by atoms with Crippen LogP contribution in [0.4, 0.5) is 0 Å². The van der Waals surface area contributed by atoms with Crippen LogP contribution in [0.2, 0.25) is 0 Å². The highest BCUT2D eigenvalue weighted by Crippen LogP contribution is 2.12. The first kappa shape index (κ1) is 12.5. The molecular weight excluding hydrogens is 236 g/mol. The molecule has 0 spiro atoms. The summed E-state index contributed by atoms with van der Waals surface area (Å²) in [6, 6.07) is 3.65. The molecule has 1 unspecified atom stereocenters. The highest BCUT2D eigenvalue weighted by molar-refractivity contribution is 7.90. The van der Waals surface area contributed by atoms with E-state index in [-0.39, 0.29) is 17.5 Å². The summed E-state index contributed by atoms with van der Waals surface area (Å²) in [6.07, 6.45) is 6.51. The molecule has 1 aliphatic heterocycles. The second kappa shape index (κ2) is 5.60. The zero-order valence-electron chi connectivity index (χ0n) is 9.80. The number of piperidine rings is 1. The van der Waals surface area contributed by atoms with E-state index in [4.69, 9.17) is 0 Å². The predicted molar refractivity (Wildman–Crippen MR) is 67.4 cm³/mol. The van der Waals surface area contributed by atoms with Gasteiger partial charge in [0.2, 0.25) is 0 Å². The van der Waals surface area contributed by atoms with E-state index in [1.807, 2.05) is 0 Å². The van der Waals surface area contributed by atoms with Crippen LogP contribution in [0.3, 0.4) is 0 Å².